The van der Waals surface area contributed by atoms with Crippen molar-refractivity contribution >= 4 is 17.7 Å². The normalized spacial score (nSPS) is 16.3. The Bertz CT molecular complexity index is 667. The lowest BCUT2D eigenvalue weighted by Gasteiger charge is -2.28. The summed E-state index contributed by atoms with van der Waals surface area (Å²) in [6.07, 6.45) is 3.35. The van der Waals surface area contributed by atoms with E-state index in [1.807, 2.05) is 11.8 Å². The molecule has 2 heterocycles. The Hall–Kier alpha value is -2.09. The fourth-order valence-electron chi connectivity index (χ4n) is 2.59. The Balaban J connectivity index is 1.71. The summed E-state index contributed by atoms with van der Waals surface area (Å²) in [6.45, 7) is 3.57. The van der Waals surface area contributed by atoms with Gasteiger partial charge in [-0.1, -0.05) is 11.8 Å². The first-order chi connectivity index (χ1) is 11.1. The van der Waals surface area contributed by atoms with Gasteiger partial charge in [0.15, 0.2) is 0 Å². The van der Waals surface area contributed by atoms with Crippen molar-refractivity contribution in [1.29, 1.82) is 0 Å². The smallest absolute Gasteiger partial charge is 0.235 e. The Morgan fingerprint density at radius 3 is 2.61 bits per heavy atom. The molecule has 1 aliphatic rings. The number of carbonyl (C=O) groups excluding carboxylic acids is 1. The zero-order chi connectivity index (χ0) is 16.2. The summed E-state index contributed by atoms with van der Waals surface area (Å²) in [5.74, 6) is 0.319. The molecule has 0 unspecified atom stereocenters. The topological polar surface area (TPSA) is 84.1 Å². The molecule has 0 bridgehead atoms. The van der Waals surface area contributed by atoms with Crippen molar-refractivity contribution in [3.05, 3.63) is 24.3 Å². The molecule has 8 heteroatoms. The Morgan fingerprint density at radius 1 is 1.22 bits per heavy atom. The number of likely N-dealkylation sites (tertiary alicyclic amines) is 1. The summed E-state index contributed by atoms with van der Waals surface area (Å²) in [7, 11) is 0. The van der Waals surface area contributed by atoms with Gasteiger partial charge in [-0.3, -0.25) is 4.79 Å². The number of rotatable bonds is 4. The maximum atomic E-state index is 12.5. The molecule has 1 aromatic heterocycles. The molecule has 1 N–H and O–H groups in total. The van der Waals surface area contributed by atoms with Gasteiger partial charge in [0.2, 0.25) is 11.1 Å². The van der Waals surface area contributed by atoms with Crippen molar-refractivity contribution in [3.63, 3.8) is 0 Å². The van der Waals surface area contributed by atoms with E-state index in [0.717, 1.165) is 31.6 Å². The van der Waals surface area contributed by atoms with Crippen LogP contribution in [-0.4, -0.2) is 54.5 Å². The standard InChI is InChI=1S/C15H19N5O2S/c1-11(14(22)19-9-3-2-4-10-19)23-15-16-17-18-20(15)12-5-7-13(21)8-6-12/h5-8,11,21H,2-4,9-10H2,1H3/t11-/m1/s1. The maximum absolute atomic E-state index is 12.5. The monoisotopic (exact) mass is 333 g/mol. The number of hydrogen-bond acceptors (Lipinski definition) is 6. The van der Waals surface area contributed by atoms with Crippen LogP contribution in [0.2, 0.25) is 0 Å². The number of thioether (sulfide) groups is 1. The van der Waals surface area contributed by atoms with Crippen LogP contribution in [0.4, 0.5) is 0 Å². The van der Waals surface area contributed by atoms with Crippen molar-refractivity contribution in [2.45, 2.75) is 36.6 Å². The molecule has 0 spiro atoms. The van der Waals surface area contributed by atoms with E-state index in [0.29, 0.717) is 5.16 Å². The summed E-state index contributed by atoms with van der Waals surface area (Å²) in [5, 5.41) is 21.4. The van der Waals surface area contributed by atoms with Gasteiger partial charge in [-0.05, 0) is 60.9 Å². The first-order valence-electron chi connectivity index (χ1n) is 7.68. The van der Waals surface area contributed by atoms with Crippen LogP contribution in [0.3, 0.4) is 0 Å². The largest absolute Gasteiger partial charge is 0.508 e. The van der Waals surface area contributed by atoms with Gasteiger partial charge < -0.3 is 10.0 Å². The van der Waals surface area contributed by atoms with Crippen LogP contribution in [0.15, 0.2) is 29.4 Å². The van der Waals surface area contributed by atoms with Crippen molar-refractivity contribution in [2.75, 3.05) is 13.1 Å². The van der Waals surface area contributed by atoms with E-state index >= 15 is 0 Å². The third-order valence-corrected chi connectivity index (χ3v) is 4.85. The number of amides is 1. The van der Waals surface area contributed by atoms with Gasteiger partial charge in [0.05, 0.1) is 10.9 Å². The molecule has 0 aliphatic carbocycles. The van der Waals surface area contributed by atoms with Crippen LogP contribution in [0, 0.1) is 0 Å². The molecule has 7 nitrogen and oxygen atoms in total. The third-order valence-electron chi connectivity index (χ3n) is 3.83. The summed E-state index contributed by atoms with van der Waals surface area (Å²) < 4.78 is 1.57. The van der Waals surface area contributed by atoms with E-state index < -0.39 is 0 Å². The van der Waals surface area contributed by atoms with Crippen LogP contribution < -0.4 is 0 Å². The highest BCUT2D eigenvalue weighted by atomic mass is 32.2. The van der Waals surface area contributed by atoms with E-state index in [-0.39, 0.29) is 16.9 Å². The average Bonchev–Trinajstić information content (AvgIpc) is 3.03. The molecule has 3 rings (SSSR count). The molecular formula is C15H19N5O2S. The van der Waals surface area contributed by atoms with Crippen molar-refractivity contribution < 1.29 is 9.90 Å². The Labute approximate surface area is 138 Å². The molecule has 1 aromatic carbocycles. The Morgan fingerprint density at radius 2 is 1.91 bits per heavy atom. The molecule has 23 heavy (non-hydrogen) atoms. The molecule has 1 amide bonds. The number of tetrazole rings is 1. The number of aromatic hydroxyl groups is 1. The van der Waals surface area contributed by atoms with E-state index in [1.165, 1.54) is 18.2 Å². The fraction of sp³-hybridized carbons (Fsp3) is 0.467. The van der Waals surface area contributed by atoms with Crippen LogP contribution in [0.5, 0.6) is 5.75 Å². The van der Waals surface area contributed by atoms with Crippen molar-refractivity contribution in [2.24, 2.45) is 0 Å². The molecule has 0 saturated carbocycles. The molecule has 1 saturated heterocycles. The lowest BCUT2D eigenvalue weighted by molar-refractivity contribution is -0.131. The number of piperidine rings is 1. The molecule has 1 fully saturated rings. The number of benzene rings is 1. The maximum Gasteiger partial charge on any atom is 0.235 e. The van der Waals surface area contributed by atoms with Gasteiger partial charge in [-0.25, -0.2) is 0 Å². The van der Waals surface area contributed by atoms with E-state index in [9.17, 15) is 9.90 Å². The molecule has 1 atom stereocenters. The third kappa shape index (κ3) is 3.64. The summed E-state index contributed by atoms with van der Waals surface area (Å²) >= 11 is 1.35. The first-order valence-corrected chi connectivity index (χ1v) is 8.56. The second-order valence-electron chi connectivity index (χ2n) is 5.54. The van der Waals surface area contributed by atoms with E-state index in [1.54, 1.807) is 28.9 Å². The minimum Gasteiger partial charge on any atom is -0.508 e. The van der Waals surface area contributed by atoms with Gasteiger partial charge in [0, 0.05) is 13.1 Å². The van der Waals surface area contributed by atoms with Crippen molar-refractivity contribution in [1.82, 2.24) is 25.1 Å². The zero-order valence-corrected chi connectivity index (χ0v) is 13.7. The summed E-state index contributed by atoms with van der Waals surface area (Å²) in [6, 6.07) is 6.61. The van der Waals surface area contributed by atoms with Crippen molar-refractivity contribution in [3.8, 4) is 11.4 Å². The Kier molecular flexibility index (Phi) is 4.80. The van der Waals surface area contributed by atoms with Gasteiger partial charge in [0.1, 0.15) is 5.75 Å². The minimum absolute atomic E-state index is 0.134. The van der Waals surface area contributed by atoms with Crippen LogP contribution in [0.25, 0.3) is 5.69 Å². The second-order valence-corrected chi connectivity index (χ2v) is 6.84. The van der Waals surface area contributed by atoms with Gasteiger partial charge in [-0.2, -0.15) is 4.68 Å². The molecule has 122 valence electrons. The number of aromatic nitrogens is 4. The summed E-state index contributed by atoms with van der Waals surface area (Å²) in [5.41, 5.74) is 0.743. The number of hydrogen-bond donors (Lipinski definition) is 1. The molecule has 0 radical (unpaired) electrons. The lowest BCUT2D eigenvalue weighted by Crippen LogP contribution is -2.40. The highest BCUT2D eigenvalue weighted by molar-refractivity contribution is 8.00. The van der Waals surface area contributed by atoms with E-state index in [4.69, 9.17) is 0 Å². The predicted molar refractivity (Wildman–Crippen MR) is 86.6 cm³/mol. The van der Waals surface area contributed by atoms with Gasteiger partial charge in [-0.15, -0.1) is 5.10 Å². The average molecular weight is 333 g/mol. The number of phenols is 1. The predicted octanol–water partition coefficient (Wildman–Crippen LogP) is 1.86. The van der Waals surface area contributed by atoms with Crippen LogP contribution >= 0.6 is 11.8 Å². The number of nitrogens with zero attached hydrogens (tertiary/aromatic N) is 5. The zero-order valence-electron chi connectivity index (χ0n) is 12.9. The number of carbonyl (C=O) groups is 1. The molecule has 2 aromatic rings. The fourth-order valence-corrected chi connectivity index (χ4v) is 3.48. The van der Waals surface area contributed by atoms with Crippen LogP contribution in [0.1, 0.15) is 26.2 Å². The van der Waals surface area contributed by atoms with E-state index in [2.05, 4.69) is 15.5 Å². The minimum atomic E-state index is -0.241. The highest BCUT2D eigenvalue weighted by Crippen LogP contribution is 2.25. The second kappa shape index (κ2) is 6.99. The highest BCUT2D eigenvalue weighted by Gasteiger charge is 2.25. The van der Waals surface area contributed by atoms with Crippen LogP contribution in [-0.2, 0) is 4.79 Å². The SMILES string of the molecule is C[C@@H](Sc1nnnn1-c1ccc(O)cc1)C(=O)N1CCCCC1. The molecule has 1 aliphatic heterocycles. The van der Waals surface area contributed by atoms with Gasteiger partial charge in [0.25, 0.3) is 0 Å². The van der Waals surface area contributed by atoms with Gasteiger partial charge >= 0.3 is 0 Å². The lowest BCUT2D eigenvalue weighted by atomic mass is 10.1. The first kappa shape index (κ1) is 15.8. The molecular weight excluding hydrogens is 314 g/mol. The quantitative estimate of drug-likeness (QED) is 0.860. The summed E-state index contributed by atoms with van der Waals surface area (Å²) in [4.78, 5) is 14.4. The number of phenolic OH excluding ortho intramolecular Hbond substituents is 1.